The van der Waals surface area contributed by atoms with Gasteiger partial charge in [0.1, 0.15) is 0 Å². The number of hydrogen-bond donors (Lipinski definition) is 1. The number of carbonyl (C=O) groups is 3. The molecule has 0 radical (unpaired) electrons. The minimum atomic E-state index is -0.361. The van der Waals surface area contributed by atoms with Crippen molar-refractivity contribution in [3.63, 3.8) is 0 Å². The average molecular weight is 440 g/mol. The number of carbonyl (C=O) groups excluding carboxylic acids is 3. The molecular formula is C24H29N3O5. The van der Waals surface area contributed by atoms with Crippen molar-refractivity contribution in [3.8, 4) is 11.5 Å². The zero-order valence-corrected chi connectivity index (χ0v) is 18.5. The second kappa shape index (κ2) is 11.2. The van der Waals surface area contributed by atoms with E-state index in [1.807, 2.05) is 32.0 Å². The first-order chi connectivity index (χ1) is 15.5. The van der Waals surface area contributed by atoms with Crippen LogP contribution in [0.1, 0.15) is 34.6 Å². The number of piperazine rings is 1. The molecule has 32 heavy (non-hydrogen) atoms. The molecule has 1 aliphatic rings. The minimum Gasteiger partial charge on any atom is -0.490 e. The van der Waals surface area contributed by atoms with E-state index in [1.165, 1.54) is 0 Å². The quantitative estimate of drug-likeness (QED) is 0.681. The van der Waals surface area contributed by atoms with Gasteiger partial charge in [-0.05, 0) is 44.2 Å². The van der Waals surface area contributed by atoms with Crippen molar-refractivity contribution in [2.75, 3.05) is 45.9 Å². The van der Waals surface area contributed by atoms with Gasteiger partial charge in [-0.3, -0.25) is 14.4 Å². The molecule has 1 N–H and O–H groups in total. The third-order valence-corrected chi connectivity index (χ3v) is 5.15. The second-order valence-corrected chi connectivity index (χ2v) is 7.25. The first-order valence-corrected chi connectivity index (χ1v) is 10.8. The summed E-state index contributed by atoms with van der Waals surface area (Å²) in [6, 6.07) is 14.0. The molecule has 3 amide bonds. The summed E-state index contributed by atoms with van der Waals surface area (Å²) in [7, 11) is 0. The molecule has 8 nitrogen and oxygen atoms in total. The average Bonchev–Trinajstić information content (AvgIpc) is 2.84. The fourth-order valence-corrected chi connectivity index (χ4v) is 3.48. The highest BCUT2D eigenvalue weighted by Gasteiger charge is 2.25. The van der Waals surface area contributed by atoms with Crippen molar-refractivity contribution in [3.05, 3.63) is 59.7 Å². The fourth-order valence-electron chi connectivity index (χ4n) is 3.48. The smallest absolute Gasteiger partial charge is 0.253 e. The molecule has 1 fully saturated rings. The molecule has 8 heteroatoms. The fraction of sp³-hybridized carbons (Fsp3) is 0.375. The van der Waals surface area contributed by atoms with E-state index in [9.17, 15) is 14.4 Å². The topological polar surface area (TPSA) is 88.2 Å². The van der Waals surface area contributed by atoms with Crippen molar-refractivity contribution in [1.29, 1.82) is 0 Å². The van der Waals surface area contributed by atoms with Crippen molar-refractivity contribution in [1.82, 2.24) is 15.1 Å². The van der Waals surface area contributed by atoms with Gasteiger partial charge >= 0.3 is 0 Å². The molecule has 0 atom stereocenters. The molecule has 0 aliphatic carbocycles. The highest BCUT2D eigenvalue weighted by molar-refractivity contribution is 5.97. The molecule has 0 bridgehead atoms. The Morgan fingerprint density at radius 3 is 2.09 bits per heavy atom. The lowest BCUT2D eigenvalue weighted by Crippen LogP contribution is -2.52. The number of hydrogen-bond acceptors (Lipinski definition) is 5. The monoisotopic (exact) mass is 439 g/mol. The van der Waals surface area contributed by atoms with E-state index in [0.717, 1.165) is 0 Å². The Morgan fingerprint density at radius 2 is 1.44 bits per heavy atom. The normalized spacial score (nSPS) is 13.4. The SMILES string of the molecule is CCOc1ccc(C(=O)NCC(=O)N2CCN(C(=O)c3ccccc3)CC2)cc1OCC. The lowest BCUT2D eigenvalue weighted by atomic mass is 10.1. The van der Waals surface area contributed by atoms with Gasteiger partial charge in [0.2, 0.25) is 5.91 Å². The molecule has 0 saturated carbocycles. The predicted molar refractivity (Wildman–Crippen MR) is 120 cm³/mol. The Bertz CT molecular complexity index is 940. The van der Waals surface area contributed by atoms with Crippen LogP contribution in [0.4, 0.5) is 0 Å². The Morgan fingerprint density at radius 1 is 0.812 bits per heavy atom. The molecular weight excluding hydrogens is 410 g/mol. The van der Waals surface area contributed by atoms with E-state index in [1.54, 1.807) is 40.1 Å². The van der Waals surface area contributed by atoms with Gasteiger partial charge in [-0.25, -0.2) is 0 Å². The van der Waals surface area contributed by atoms with E-state index >= 15 is 0 Å². The summed E-state index contributed by atoms with van der Waals surface area (Å²) in [5, 5.41) is 2.67. The molecule has 1 heterocycles. The summed E-state index contributed by atoms with van der Waals surface area (Å²) in [5.74, 6) is 0.491. The van der Waals surface area contributed by atoms with Gasteiger partial charge in [-0.2, -0.15) is 0 Å². The number of benzene rings is 2. The maximum Gasteiger partial charge on any atom is 0.253 e. The van der Waals surface area contributed by atoms with Crippen LogP contribution in [0.15, 0.2) is 48.5 Å². The van der Waals surface area contributed by atoms with E-state index < -0.39 is 0 Å². The van der Waals surface area contributed by atoms with E-state index in [-0.39, 0.29) is 24.3 Å². The van der Waals surface area contributed by atoms with Crippen molar-refractivity contribution >= 4 is 17.7 Å². The standard InChI is InChI=1S/C24H29N3O5/c1-3-31-20-11-10-19(16-21(20)32-4-2)23(29)25-17-22(28)26-12-14-27(15-13-26)24(30)18-8-6-5-7-9-18/h5-11,16H,3-4,12-15,17H2,1-2H3,(H,25,29). The highest BCUT2D eigenvalue weighted by Crippen LogP contribution is 2.28. The second-order valence-electron chi connectivity index (χ2n) is 7.25. The molecule has 1 saturated heterocycles. The lowest BCUT2D eigenvalue weighted by molar-refractivity contribution is -0.131. The van der Waals surface area contributed by atoms with Crippen LogP contribution >= 0.6 is 0 Å². The van der Waals surface area contributed by atoms with Crippen LogP contribution in [0.25, 0.3) is 0 Å². The van der Waals surface area contributed by atoms with Crippen LogP contribution in [0.2, 0.25) is 0 Å². The molecule has 2 aromatic rings. The van der Waals surface area contributed by atoms with Crippen molar-refractivity contribution < 1.29 is 23.9 Å². The summed E-state index contributed by atoms with van der Waals surface area (Å²) in [6.45, 7) is 6.35. The summed E-state index contributed by atoms with van der Waals surface area (Å²) < 4.78 is 11.1. The summed E-state index contributed by atoms with van der Waals surface area (Å²) in [4.78, 5) is 41.0. The third-order valence-electron chi connectivity index (χ3n) is 5.15. The molecule has 1 aliphatic heterocycles. The van der Waals surface area contributed by atoms with Crippen LogP contribution in [0.5, 0.6) is 11.5 Å². The Hall–Kier alpha value is -3.55. The number of amides is 3. The zero-order valence-electron chi connectivity index (χ0n) is 18.5. The molecule has 3 rings (SSSR count). The number of nitrogens with one attached hydrogen (secondary N) is 1. The lowest BCUT2D eigenvalue weighted by Gasteiger charge is -2.34. The molecule has 0 aromatic heterocycles. The van der Waals surface area contributed by atoms with Gasteiger partial charge in [-0.1, -0.05) is 18.2 Å². The van der Waals surface area contributed by atoms with Gasteiger partial charge in [0, 0.05) is 37.3 Å². The van der Waals surface area contributed by atoms with E-state index in [2.05, 4.69) is 5.32 Å². The summed E-state index contributed by atoms with van der Waals surface area (Å²) in [5.41, 5.74) is 1.03. The molecule has 170 valence electrons. The first-order valence-electron chi connectivity index (χ1n) is 10.8. The van der Waals surface area contributed by atoms with Gasteiger partial charge < -0.3 is 24.6 Å². The van der Waals surface area contributed by atoms with Crippen LogP contribution in [0.3, 0.4) is 0 Å². The zero-order chi connectivity index (χ0) is 22.9. The van der Waals surface area contributed by atoms with Crippen LogP contribution in [-0.2, 0) is 4.79 Å². The Kier molecular flexibility index (Phi) is 8.08. The summed E-state index contributed by atoms with van der Waals surface area (Å²) >= 11 is 0. The van der Waals surface area contributed by atoms with Crippen LogP contribution < -0.4 is 14.8 Å². The van der Waals surface area contributed by atoms with Crippen LogP contribution in [0, 0.1) is 0 Å². The van der Waals surface area contributed by atoms with Gasteiger partial charge in [0.05, 0.1) is 19.8 Å². The third kappa shape index (κ3) is 5.78. The van der Waals surface area contributed by atoms with Crippen LogP contribution in [-0.4, -0.2) is 73.5 Å². The molecule has 0 spiro atoms. The van der Waals surface area contributed by atoms with E-state index in [0.29, 0.717) is 62.0 Å². The maximum absolute atomic E-state index is 12.6. The maximum atomic E-state index is 12.6. The Labute approximate surface area is 188 Å². The number of ether oxygens (including phenoxy) is 2. The number of nitrogens with zero attached hydrogens (tertiary/aromatic N) is 2. The number of rotatable bonds is 8. The molecule has 2 aromatic carbocycles. The first kappa shape index (κ1) is 23.1. The largest absolute Gasteiger partial charge is 0.490 e. The minimum absolute atomic E-state index is 0.0356. The molecule has 0 unspecified atom stereocenters. The highest BCUT2D eigenvalue weighted by atomic mass is 16.5. The predicted octanol–water partition coefficient (Wildman–Crippen LogP) is 2.20. The summed E-state index contributed by atoms with van der Waals surface area (Å²) in [6.07, 6.45) is 0. The van der Waals surface area contributed by atoms with Crippen molar-refractivity contribution in [2.24, 2.45) is 0 Å². The van der Waals surface area contributed by atoms with Gasteiger partial charge in [0.25, 0.3) is 11.8 Å². The Balaban J connectivity index is 1.50. The van der Waals surface area contributed by atoms with E-state index in [4.69, 9.17) is 9.47 Å². The van der Waals surface area contributed by atoms with Gasteiger partial charge in [0.15, 0.2) is 11.5 Å². The van der Waals surface area contributed by atoms with Crippen molar-refractivity contribution in [2.45, 2.75) is 13.8 Å². The van der Waals surface area contributed by atoms with Gasteiger partial charge in [-0.15, -0.1) is 0 Å².